The minimum Gasteiger partial charge on any atom is -0.846 e. The minimum absolute atomic E-state index is 0.838. The standard InChI is InChI=1S/C2H8N4O/c3-1(4)6-2(5)7/h1H,3-4H2,(H3,5,6,7)/p-1. The molecule has 42 valence electrons. The van der Waals surface area contributed by atoms with Crippen molar-refractivity contribution < 1.29 is 5.11 Å². The zero-order chi connectivity index (χ0) is 5.86. The first-order valence-electron chi connectivity index (χ1n) is 1.64. The fraction of sp³-hybridized carbons (Fsp3) is 0.500. The van der Waals surface area contributed by atoms with Crippen molar-refractivity contribution in [1.82, 2.24) is 0 Å². The van der Waals surface area contributed by atoms with E-state index in [9.17, 15) is 5.11 Å². The van der Waals surface area contributed by atoms with Crippen LogP contribution in [-0.4, -0.2) is 12.3 Å². The molecular formula is C2H7N4O-. The molecular weight excluding hydrogens is 96.0 g/mol. The van der Waals surface area contributed by atoms with Crippen molar-refractivity contribution in [2.24, 2.45) is 22.2 Å². The molecule has 0 aliphatic heterocycles. The molecule has 0 spiro atoms. The van der Waals surface area contributed by atoms with E-state index in [1.807, 2.05) is 0 Å². The number of rotatable bonds is 1. The van der Waals surface area contributed by atoms with Crippen molar-refractivity contribution in [2.45, 2.75) is 6.29 Å². The summed E-state index contributed by atoms with van der Waals surface area (Å²) in [5.41, 5.74) is 14.1. The van der Waals surface area contributed by atoms with Crippen molar-refractivity contribution in [3.05, 3.63) is 0 Å². The lowest BCUT2D eigenvalue weighted by atomic mass is 10.9. The Labute approximate surface area is 40.8 Å². The number of amidine groups is 1. The highest BCUT2D eigenvalue weighted by Gasteiger charge is 1.79. The second-order valence-corrected chi connectivity index (χ2v) is 0.958. The van der Waals surface area contributed by atoms with Gasteiger partial charge in [-0.15, -0.1) is 0 Å². The Morgan fingerprint density at radius 2 is 2.00 bits per heavy atom. The molecule has 0 radical (unpaired) electrons. The van der Waals surface area contributed by atoms with E-state index in [4.69, 9.17) is 11.5 Å². The Morgan fingerprint density at radius 3 is 2.00 bits per heavy atom. The maximum atomic E-state index is 9.71. The van der Waals surface area contributed by atoms with Crippen LogP contribution in [0.25, 0.3) is 0 Å². The van der Waals surface area contributed by atoms with E-state index >= 15 is 0 Å². The van der Waals surface area contributed by atoms with Crippen LogP contribution >= 0.6 is 0 Å². The first-order chi connectivity index (χ1) is 3.13. The molecule has 0 aromatic rings. The average molecular weight is 103 g/mol. The summed E-state index contributed by atoms with van der Waals surface area (Å²) in [6.45, 7) is 0. The molecule has 7 heavy (non-hydrogen) atoms. The second-order valence-electron chi connectivity index (χ2n) is 0.958. The third-order valence-corrected chi connectivity index (χ3v) is 0.276. The maximum absolute atomic E-state index is 9.71. The Hall–Kier alpha value is -0.810. The van der Waals surface area contributed by atoms with Crippen molar-refractivity contribution >= 4 is 6.02 Å². The molecule has 0 amide bonds. The van der Waals surface area contributed by atoms with Crippen LogP contribution in [0.2, 0.25) is 0 Å². The lowest BCUT2D eigenvalue weighted by Crippen LogP contribution is -2.36. The summed E-state index contributed by atoms with van der Waals surface area (Å²) in [6.07, 6.45) is -0.975. The van der Waals surface area contributed by atoms with Gasteiger partial charge in [0.15, 0.2) is 0 Å². The third-order valence-electron chi connectivity index (χ3n) is 0.276. The van der Waals surface area contributed by atoms with E-state index in [0.29, 0.717) is 0 Å². The molecule has 0 bridgehead atoms. The van der Waals surface area contributed by atoms with E-state index in [-0.39, 0.29) is 0 Å². The summed E-state index contributed by atoms with van der Waals surface area (Å²) in [5, 5.41) is 9.71. The molecule has 0 saturated heterocycles. The zero-order valence-electron chi connectivity index (χ0n) is 3.66. The lowest BCUT2D eigenvalue weighted by molar-refractivity contribution is -0.217. The largest absolute Gasteiger partial charge is 0.846 e. The number of nitrogens with two attached hydrogens (primary N) is 3. The van der Waals surface area contributed by atoms with Crippen LogP contribution in [0, 0.1) is 0 Å². The predicted octanol–water partition coefficient (Wildman–Crippen LogP) is -3.14. The fourth-order valence-corrected chi connectivity index (χ4v) is 0.147. The van der Waals surface area contributed by atoms with Gasteiger partial charge >= 0.3 is 0 Å². The van der Waals surface area contributed by atoms with Gasteiger partial charge in [0.2, 0.25) is 0 Å². The van der Waals surface area contributed by atoms with E-state index in [1.165, 1.54) is 0 Å². The van der Waals surface area contributed by atoms with Gasteiger partial charge in [0, 0.05) is 6.02 Å². The van der Waals surface area contributed by atoms with Crippen LogP contribution in [0.4, 0.5) is 0 Å². The molecule has 0 fully saturated rings. The van der Waals surface area contributed by atoms with Crippen LogP contribution in [0.5, 0.6) is 0 Å². The van der Waals surface area contributed by atoms with Crippen LogP contribution in [0.3, 0.4) is 0 Å². The predicted molar refractivity (Wildman–Crippen MR) is 23.8 cm³/mol. The monoisotopic (exact) mass is 103 g/mol. The highest BCUT2D eigenvalue weighted by Crippen LogP contribution is 1.60. The average Bonchev–Trinajstić information content (AvgIpc) is 1.27. The molecule has 5 heteroatoms. The summed E-state index contributed by atoms with van der Waals surface area (Å²) in [6, 6.07) is -0.838. The van der Waals surface area contributed by atoms with Crippen molar-refractivity contribution in [2.75, 3.05) is 0 Å². The Balaban J connectivity index is 3.45. The molecule has 0 saturated carbocycles. The summed E-state index contributed by atoms with van der Waals surface area (Å²) in [5.74, 6) is 0. The lowest BCUT2D eigenvalue weighted by Gasteiger charge is -2.03. The van der Waals surface area contributed by atoms with Crippen molar-refractivity contribution in [1.29, 1.82) is 0 Å². The highest BCUT2D eigenvalue weighted by molar-refractivity contribution is 5.66. The second kappa shape index (κ2) is 2.38. The molecule has 0 unspecified atom stereocenters. The molecule has 0 atom stereocenters. The van der Waals surface area contributed by atoms with Crippen LogP contribution in [-0.2, 0) is 0 Å². The van der Waals surface area contributed by atoms with Gasteiger partial charge in [-0.1, -0.05) is 0 Å². The third kappa shape index (κ3) is 5.19. The van der Waals surface area contributed by atoms with E-state index < -0.39 is 12.3 Å². The minimum atomic E-state index is -0.975. The first-order valence-corrected chi connectivity index (χ1v) is 1.64. The van der Waals surface area contributed by atoms with Crippen molar-refractivity contribution in [3.8, 4) is 0 Å². The molecule has 6 N–H and O–H groups in total. The Morgan fingerprint density at radius 1 is 1.57 bits per heavy atom. The molecule has 0 rings (SSSR count). The number of nitrogens with zero attached hydrogens (tertiary/aromatic N) is 1. The summed E-state index contributed by atoms with van der Waals surface area (Å²) in [4.78, 5) is 2.97. The van der Waals surface area contributed by atoms with Gasteiger partial charge in [-0.2, -0.15) is 0 Å². The van der Waals surface area contributed by atoms with Crippen molar-refractivity contribution in [3.63, 3.8) is 0 Å². The number of aliphatic imine (C=N–C) groups is 1. The van der Waals surface area contributed by atoms with Crippen LogP contribution in [0.15, 0.2) is 4.99 Å². The molecule has 0 aliphatic rings. The van der Waals surface area contributed by atoms with E-state index in [2.05, 4.69) is 10.7 Å². The topological polar surface area (TPSA) is 113 Å². The maximum Gasteiger partial charge on any atom is 0.149 e. The van der Waals surface area contributed by atoms with Gasteiger partial charge in [-0.3, -0.25) is 16.5 Å². The van der Waals surface area contributed by atoms with Gasteiger partial charge in [0.25, 0.3) is 0 Å². The summed E-state index contributed by atoms with van der Waals surface area (Å²) < 4.78 is 0. The first kappa shape index (κ1) is 6.19. The van der Waals surface area contributed by atoms with Gasteiger partial charge in [-0.25, -0.2) is 0 Å². The smallest absolute Gasteiger partial charge is 0.149 e. The van der Waals surface area contributed by atoms with Gasteiger partial charge in [0.1, 0.15) is 6.29 Å². The number of hydrogen-bond donors (Lipinski definition) is 3. The van der Waals surface area contributed by atoms with Gasteiger partial charge in [-0.05, 0) is 0 Å². The van der Waals surface area contributed by atoms with Crippen LogP contribution in [0.1, 0.15) is 0 Å². The molecule has 0 aliphatic carbocycles. The molecule has 0 aromatic heterocycles. The van der Waals surface area contributed by atoms with Gasteiger partial charge in [0.05, 0.1) is 0 Å². The SMILES string of the molecule is N/C([O-])=N\C(N)N. The molecule has 0 aromatic carbocycles. The Kier molecular flexibility index (Phi) is 2.10. The fourth-order valence-electron chi connectivity index (χ4n) is 0.147. The normalized spacial score (nSPS) is 12.7. The van der Waals surface area contributed by atoms with E-state index in [1.54, 1.807) is 0 Å². The summed E-state index contributed by atoms with van der Waals surface area (Å²) >= 11 is 0. The quantitative estimate of drug-likeness (QED) is 0.185. The van der Waals surface area contributed by atoms with Gasteiger partial charge < -0.3 is 10.8 Å². The van der Waals surface area contributed by atoms with Crippen LogP contribution < -0.4 is 22.3 Å². The van der Waals surface area contributed by atoms with E-state index in [0.717, 1.165) is 0 Å². The Bertz CT molecular complexity index is 73.8. The highest BCUT2D eigenvalue weighted by atomic mass is 16.3. The molecule has 0 heterocycles. The molecule has 5 nitrogen and oxygen atoms in total. The zero-order valence-corrected chi connectivity index (χ0v) is 3.66. The number of hydrogen-bond acceptors (Lipinski definition) is 4. The summed E-state index contributed by atoms with van der Waals surface area (Å²) in [7, 11) is 0.